The molecular formula is C25H34FN3O6. The quantitative estimate of drug-likeness (QED) is 0.379. The first kappa shape index (κ1) is 25.4. The molecule has 2 aliphatic rings. The Hall–Kier alpha value is -2.69. The van der Waals surface area contributed by atoms with Gasteiger partial charge in [0.1, 0.15) is 17.9 Å². The third kappa shape index (κ3) is 5.60. The van der Waals surface area contributed by atoms with E-state index in [1.54, 1.807) is 0 Å². The molecule has 9 nitrogen and oxygen atoms in total. The number of carbonyl (C=O) groups is 1. The van der Waals surface area contributed by atoms with E-state index in [0.717, 1.165) is 19.4 Å². The first-order chi connectivity index (χ1) is 17.0. The molecule has 1 unspecified atom stereocenters. The maximum Gasteiger partial charge on any atom is 0.343 e. The minimum absolute atomic E-state index is 0.00363. The Balaban J connectivity index is 1.66. The Morgan fingerprint density at radius 3 is 2.63 bits per heavy atom. The van der Waals surface area contributed by atoms with Crippen molar-refractivity contribution in [3.8, 4) is 5.75 Å². The van der Waals surface area contributed by atoms with E-state index in [1.807, 2.05) is 23.3 Å². The highest BCUT2D eigenvalue weighted by atomic mass is 19.1. The number of piperazine rings is 1. The largest absolute Gasteiger partial charge is 0.492 e. The summed E-state index contributed by atoms with van der Waals surface area (Å²) in [7, 11) is 1.48. The Morgan fingerprint density at radius 1 is 1.20 bits per heavy atom. The van der Waals surface area contributed by atoms with E-state index in [1.165, 1.54) is 19.4 Å². The smallest absolute Gasteiger partial charge is 0.343 e. The summed E-state index contributed by atoms with van der Waals surface area (Å²) >= 11 is 0. The predicted octanol–water partition coefficient (Wildman–Crippen LogP) is 2.49. The van der Waals surface area contributed by atoms with Crippen molar-refractivity contribution in [3.63, 3.8) is 0 Å². The average Bonchev–Trinajstić information content (AvgIpc) is 3.68. The fraction of sp³-hybridized carbons (Fsp3) is 0.600. The third-order valence-electron chi connectivity index (χ3n) is 6.28. The second-order valence-electron chi connectivity index (χ2n) is 8.89. The highest BCUT2D eigenvalue weighted by molar-refractivity contribution is 5.97. The summed E-state index contributed by atoms with van der Waals surface area (Å²) in [4.78, 5) is 28.0. The molecular weight excluding hydrogens is 457 g/mol. The van der Waals surface area contributed by atoms with Crippen molar-refractivity contribution in [1.82, 2.24) is 9.88 Å². The second-order valence-corrected chi connectivity index (χ2v) is 8.89. The zero-order valence-electron chi connectivity index (χ0n) is 20.6. The molecule has 4 rings (SSSR count). The van der Waals surface area contributed by atoms with Gasteiger partial charge < -0.3 is 33.7 Å². The van der Waals surface area contributed by atoms with Gasteiger partial charge in [-0.3, -0.25) is 4.79 Å². The molecule has 0 spiro atoms. The molecule has 1 atom stereocenters. The molecule has 1 N–H and O–H groups in total. The van der Waals surface area contributed by atoms with Gasteiger partial charge >= 0.3 is 5.97 Å². The Bertz CT molecular complexity index is 1120. The molecule has 192 valence electrons. The van der Waals surface area contributed by atoms with Crippen LogP contribution in [-0.4, -0.2) is 76.4 Å². The van der Waals surface area contributed by atoms with Gasteiger partial charge in [-0.05, 0) is 32.8 Å². The van der Waals surface area contributed by atoms with E-state index in [2.05, 4.69) is 5.32 Å². The van der Waals surface area contributed by atoms with Crippen LogP contribution >= 0.6 is 0 Å². The predicted molar refractivity (Wildman–Crippen MR) is 130 cm³/mol. The Kier molecular flexibility index (Phi) is 8.25. The van der Waals surface area contributed by atoms with Gasteiger partial charge in [0.15, 0.2) is 11.6 Å². The lowest BCUT2D eigenvalue weighted by molar-refractivity contribution is 0.0162. The Morgan fingerprint density at radius 2 is 1.94 bits per heavy atom. The first-order valence-corrected chi connectivity index (χ1v) is 12.2. The molecule has 1 saturated carbocycles. The summed E-state index contributed by atoms with van der Waals surface area (Å²) in [5.41, 5.74) is 0.167. The summed E-state index contributed by atoms with van der Waals surface area (Å²) in [5.74, 6) is -0.976. The maximum absolute atomic E-state index is 15.5. The van der Waals surface area contributed by atoms with Crippen molar-refractivity contribution in [2.75, 3.05) is 64.7 Å². The topological polar surface area (TPSA) is 91.3 Å². The summed E-state index contributed by atoms with van der Waals surface area (Å²) in [6, 6.07) is 1.53. The Labute approximate surface area is 204 Å². The minimum atomic E-state index is -0.751. The van der Waals surface area contributed by atoms with Gasteiger partial charge in [-0.25, -0.2) is 9.18 Å². The molecule has 0 radical (unpaired) electrons. The molecule has 0 bridgehead atoms. The number of nitrogens with one attached hydrogen (secondary N) is 1. The molecule has 2 fully saturated rings. The van der Waals surface area contributed by atoms with Gasteiger partial charge in [-0.2, -0.15) is 0 Å². The molecule has 10 heteroatoms. The van der Waals surface area contributed by atoms with Crippen LogP contribution in [0.25, 0.3) is 10.9 Å². The zero-order valence-corrected chi connectivity index (χ0v) is 20.6. The normalized spacial score (nSPS) is 18.2. The molecule has 0 amide bonds. The van der Waals surface area contributed by atoms with Gasteiger partial charge in [0.2, 0.25) is 5.43 Å². The van der Waals surface area contributed by atoms with E-state index < -0.39 is 17.2 Å². The molecule has 35 heavy (non-hydrogen) atoms. The number of benzene rings is 1. The molecule has 1 saturated heterocycles. The summed E-state index contributed by atoms with van der Waals surface area (Å²) in [6.07, 6.45) is 3.34. The molecule has 1 aromatic carbocycles. The van der Waals surface area contributed by atoms with E-state index in [9.17, 15) is 9.59 Å². The first-order valence-electron chi connectivity index (χ1n) is 12.2. The van der Waals surface area contributed by atoms with Crippen LogP contribution in [0.1, 0.15) is 43.1 Å². The fourth-order valence-corrected chi connectivity index (χ4v) is 4.49. The summed E-state index contributed by atoms with van der Waals surface area (Å²) in [6.45, 7) is 7.55. The van der Waals surface area contributed by atoms with Crippen LogP contribution in [-0.2, 0) is 14.2 Å². The number of fused-ring (bicyclic) bond motifs is 1. The number of hydrogen-bond donors (Lipinski definition) is 1. The maximum atomic E-state index is 15.5. The number of nitrogens with zero attached hydrogens (tertiary/aromatic N) is 2. The van der Waals surface area contributed by atoms with Crippen LogP contribution in [0.3, 0.4) is 0 Å². The van der Waals surface area contributed by atoms with Gasteiger partial charge in [0.25, 0.3) is 0 Å². The van der Waals surface area contributed by atoms with Crippen LogP contribution in [0.5, 0.6) is 5.75 Å². The number of esters is 1. The lowest BCUT2D eigenvalue weighted by atomic mass is 10.1. The monoisotopic (exact) mass is 491 g/mol. The summed E-state index contributed by atoms with van der Waals surface area (Å²) in [5, 5.41) is 3.46. The number of pyridine rings is 1. The van der Waals surface area contributed by atoms with Crippen LogP contribution in [0.4, 0.5) is 10.1 Å². The van der Waals surface area contributed by atoms with Crippen molar-refractivity contribution in [3.05, 3.63) is 33.9 Å². The number of rotatable bonds is 11. The van der Waals surface area contributed by atoms with Crippen molar-refractivity contribution in [1.29, 1.82) is 0 Å². The second kappa shape index (κ2) is 11.4. The molecule has 1 aliphatic heterocycles. The van der Waals surface area contributed by atoms with Crippen molar-refractivity contribution < 1.29 is 28.1 Å². The number of hydrogen-bond acceptors (Lipinski definition) is 8. The number of aromatic nitrogens is 1. The van der Waals surface area contributed by atoms with E-state index >= 15 is 4.39 Å². The van der Waals surface area contributed by atoms with Crippen molar-refractivity contribution in [2.45, 2.75) is 38.8 Å². The minimum Gasteiger partial charge on any atom is -0.492 e. The number of carbonyl (C=O) groups excluding carboxylic acids is 1. The SMILES string of the molecule is CCOCCOCCOC(=O)c1cn(C2CC2)c2c(OC)c(N3CCNC(C)C3)c(F)cc2c1=O. The van der Waals surface area contributed by atoms with Crippen molar-refractivity contribution in [2.24, 2.45) is 0 Å². The lowest BCUT2D eigenvalue weighted by Gasteiger charge is -2.35. The zero-order chi connectivity index (χ0) is 24.9. The number of anilines is 1. The number of ether oxygens (including phenoxy) is 4. The van der Waals surface area contributed by atoms with Gasteiger partial charge in [0.05, 0.1) is 37.8 Å². The van der Waals surface area contributed by atoms with E-state index in [0.29, 0.717) is 49.9 Å². The van der Waals surface area contributed by atoms with E-state index in [4.69, 9.17) is 18.9 Å². The van der Waals surface area contributed by atoms with E-state index in [-0.39, 0.29) is 36.2 Å². The van der Waals surface area contributed by atoms with Gasteiger partial charge in [-0.1, -0.05) is 0 Å². The molecule has 2 aromatic rings. The van der Waals surface area contributed by atoms with Crippen LogP contribution in [0.2, 0.25) is 0 Å². The van der Waals surface area contributed by atoms with Crippen molar-refractivity contribution >= 4 is 22.6 Å². The lowest BCUT2D eigenvalue weighted by Crippen LogP contribution is -2.49. The molecule has 1 aromatic heterocycles. The van der Waals surface area contributed by atoms with Crippen LogP contribution in [0, 0.1) is 5.82 Å². The third-order valence-corrected chi connectivity index (χ3v) is 6.28. The van der Waals surface area contributed by atoms with Gasteiger partial charge in [0, 0.05) is 44.5 Å². The highest BCUT2D eigenvalue weighted by Crippen LogP contribution is 2.43. The average molecular weight is 492 g/mol. The number of methoxy groups -OCH3 is 1. The van der Waals surface area contributed by atoms with Gasteiger partial charge in [-0.15, -0.1) is 0 Å². The molecule has 1 aliphatic carbocycles. The van der Waals surface area contributed by atoms with Crippen LogP contribution < -0.4 is 20.4 Å². The standard InChI is InChI=1S/C25H34FN3O6/c1-4-33-9-10-34-11-12-35-25(31)19-15-29(17-5-6-17)21-18(23(19)30)13-20(26)22(24(21)32-3)28-8-7-27-16(2)14-28/h13,15-17,27H,4-12,14H2,1-3H3. The highest BCUT2D eigenvalue weighted by Gasteiger charge is 2.32. The van der Waals surface area contributed by atoms with Crippen LogP contribution in [0.15, 0.2) is 17.1 Å². The molecule has 2 heterocycles. The number of halogens is 1. The summed E-state index contributed by atoms with van der Waals surface area (Å²) < 4.78 is 38.9. The fourth-order valence-electron chi connectivity index (χ4n) is 4.49.